The Hall–Kier alpha value is -2.50. The summed E-state index contributed by atoms with van der Waals surface area (Å²) in [7, 11) is 0. The fourth-order valence-corrected chi connectivity index (χ4v) is 2.75. The van der Waals surface area contributed by atoms with Gasteiger partial charge in [0, 0.05) is 29.4 Å². The van der Waals surface area contributed by atoms with Gasteiger partial charge in [0.05, 0.1) is 4.92 Å². The quantitative estimate of drug-likeness (QED) is 0.689. The molecule has 0 aliphatic heterocycles. The van der Waals surface area contributed by atoms with Crippen molar-refractivity contribution in [2.75, 3.05) is 5.32 Å². The maximum Gasteiger partial charge on any atom is 0.272 e. The molecule has 0 fully saturated rings. The maximum atomic E-state index is 11.0. The highest BCUT2D eigenvalue weighted by atomic mass is 16.6. The van der Waals surface area contributed by atoms with Crippen LogP contribution in [0.2, 0.25) is 0 Å². The molecular formula is C15H16N4O2. The summed E-state index contributed by atoms with van der Waals surface area (Å²) in [5.74, 6) is 0.850. The molecule has 6 nitrogen and oxygen atoms in total. The van der Waals surface area contributed by atoms with Crippen LogP contribution in [0.5, 0.6) is 0 Å². The van der Waals surface area contributed by atoms with Gasteiger partial charge in [0.2, 0.25) is 0 Å². The Kier molecular flexibility index (Phi) is 3.51. The summed E-state index contributed by atoms with van der Waals surface area (Å²) in [5.41, 5.74) is 4.06. The zero-order valence-electron chi connectivity index (χ0n) is 11.8. The van der Waals surface area contributed by atoms with E-state index in [0.29, 0.717) is 12.1 Å². The molecule has 1 aliphatic carbocycles. The standard InChI is InChI=1S/C15H16N4O2/c1-10-11(4-2-7-14(10)19(20)21)8-16-15-12-5-3-6-13(12)17-9-18-15/h2,4,7,9H,3,5-6,8H2,1H3,(H,16,17,18). The average molecular weight is 284 g/mol. The van der Waals surface area contributed by atoms with E-state index in [9.17, 15) is 10.1 Å². The number of anilines is 1. The normalized spacial score (nSPS) is 13.0. The lowest BCUT2D eigenvalue weighted by atomic mass is 10.1. The third kappa shape index (κ3) is 2.56. The third-order valence-electron chi connectivity index (χ3n) is 3.94. The highest BCUT2D eigenvalue weighted by Crippen LogP contribution is 2.26. The second-order valence-corrected chi connectivity index (χ2v) is 5.17. The lowest BCUT2D eigenvalue weighted by Gasteiger charge is -2.11. The molecule has 0 radical (unpaired) electrons. The second-order valence-electron chi connectivity index (χ2n) is 5.17. The zero-order valence-corrected chi connectivity index (χ0v) is 11.8. The molecule has 6 heteroatoms. The summed E-state index contributed by atoms with van der Waals surface area (Å²) in [6, 6.07) is 5.14. The van der Waals surface area contributed by atoms with E-state index in [-0.39, 0.29) is 10.6 Å². The van der Waals surface area contributed by atoms with E-state index in [1.165, 1.54) is 11.6 Å². The highest BCUT2D eigenvalue weighted by molar-refractivity contribution is 5.50. The van der Waals surface area contributed by atoms with E-state index in [2.05, 4.69) is 15.3 Å². The van der Waals surface area contributed by atoms with Crippen LogP contribution >= 0.6 is 0 Å². The number of hydrogen-bond acceptors (Lipinski definition) is 5. The van der Waals surface area contributed by atoms with Crippen LogP contribution in [0.15, 0.2) is 24.5 Å². The van der Waals surface area contributed by atoms with Gasteiger partial charge in [0.25, 0.3) is 5.69 Å². The summed E-state index contributed by atoms with van der Waals surface area (Å²) in [6.45, 7) is 2.30. The first-order valence-electron chi connectivity index (χ1n) is 6.96. The number of aryl methyl sites for hydroxylation is 1. The van der Waals surface area contributed by atoms with Crippen LogP contribution in [0.4, 0.5) is 11.5 Å². The molecule has 0 unspecified atom stereocenters. The van der Waals surface area contributed by atoms with Gasteiger partial charge in [-0.1, -0.05) is 12.1 Å². The molecule has 2 aromatic rings. The van der Waals surface area contributed by atoms with Gasteiger partial charge < -0.3 is 5.32 Å². The number of fused-ring (bicyclic) bond motifs is 1. The van der Waals surface area contributed by atoms with Crippen molar-refractivity contribution in [3.05, 3.63) is 57.0 Å². The molecule has 0 atom stereocenters. The number of benzene rings is 1. The fraction of sp³-hybridized carbons (Fsp3) is 0.333. The predicted molar refractivity (Wildman–Crippen MR) is 79.2 cm³/mol. The largest absolute Gasteiger partial charge is 0.366 e. The minimum atomic E-state index is -0.346. The Morgan fingerprint density at radius 1 is 1.33 bits per heavy atom. The summed E-state index contributed by atoms with van der Waals surface area (Å²) >= 11 is 0. The van der Waals surface area contributed by atoms with Crippen LogP contribution in [0.25, 0.3) is 0 Å². The van der Waals surface area contributed by atoms with Crippen molar-refractivity contribution in [3.63, 3.8) is 0 Å². The maximum absolute atomic E-state index is 11.0. The van der Waals surface area contributed by atoms with Crippen LogP contribution in [0.1, 0.15) is 28.8 Å². The predicted octanol–water partition coefficient (Wildman–Crippen LogP) is 2.79. The SMILES string of the molecule is Cc1c(CNc2ncnc3c2CCC3)cccc1[N+](=O)[O-]. The van der Waals surface area contributed by atoms with E-state index >= 15 is 0 Å². The Balaban J connectivity index is 1.82. The first kappa shape index (κ1) is 13.5. The van der Waals surface area contributed by atoms with Crippen molar-refractivity contribution in [1.82, 2.24) is 9.97 Å². The van der Waals surface area contributed by atoms with Crippen LogP contribution in [0, 0.1) is 17.0 Å². The summed E-state index contributed by atoms with van der Waals surface area (Å²) < 4.78 is 0. The summed E-state index contributed by atoms with van der Waals surface area (Å²) in [5, 5.41) is 14.3. The molecule has 21 heavy (non-hydrogen) atoms. The minimum Gasteiger partial charge on any atom is -0.366 e. The average Bonchev–Trinajstić information content (AvgIpc) is 2.95. The van der Waals surface area contributed by atoms with Crippen molar-refractivity contribution in [1.29, 1.82) is 0 Å². The first-order valence-corrected chi connectivity index (χ1v) is 6.96. The molecule has 1 aromatic heterocycles. The van der Waals surface area contributed by atoms with Crippen molar-refractivity contribution in [2.24, 2.45) is 0 Å². The van der Waals surface area contributed by atoms with Crippen LogP contribution in [0.3, 0.4) is 0 Å². The van der Waals surface area contributed by atoms with Gasteiger partial charge in [-0.25, -0.2) is 9.97 Å². The first-order chi connectivity index (χ1) is 10.2. The van der Waals surface area contributed by atoms with Crippen molar-refractivity contribution < 1.29 is 4.92 Å². The zero-order chi connectivity index (χ0) is 14.8. The number of hydrogen-bond donors (Lipinski definition) is 1. The molecule has 108 valence electrons. The summed E-state index contributed by atoms with van der Waals surface area (Å²) in [4.78, 5) is 19.2. The lowest BCUT2D eigenvalue weighted by molar-refractivity contribution is -0.385. The highest BCUT2D eigenvalue weighted by Gasteiger charge is 2.18. The molecule has 1 aliphatic rings. The van der Waals surface area contributed by atoms with Gasteiger partial charge >= 0.3 is 0 Å². The Labute approximate surface area is 122 Å². The van der Waals surface area contributed by atoms with Crippen molar-refractivity contribution >= 4 is 11.5 Å². The van der Waals surface area contributed by atoms with Crippen LogP contribution in [-0.2, 0) is 19.4 Å². The fourth-order valence-electron chi connectivity index (χ4n) is 2.75. The third-order valence-corrected chi connectivity index (χ3v) is 3.94. The minimum absolute atomic E-state index is 0.155. The van der Waals surface area contributed by atoms with Crippen molar-refractivity contribution in [2.45, 2.75) is 32.7 Å². The monoisotopic (exact) mass is 284 g/mol. The van der Waals surface area contributed by atoms with E-state index in [4.69, 9.17) is 0 Å². The molecule has 3 rings (SSSR count). The molecule has 0 saturated carbocycles. The molecule has 0 amide bonds. The van der Waals surface area contributed by atoms with Gasteiger partial charge in [0.1, 0.15) is 12.1 Å². The second kappa shape index (κ2) is 5.47. The van der Waals surface area contributed by atoms with E-state index in [0.717, 1.165) is 36.3 Å². The van der Waals surface area contributed by atoms with Gasteiger partial charge in [-0.05, 0) is 31.7 Å². The number of nitrogens with one attached hydrogen (secondary N) is 1. The number of rotatable bonds is 4. The van der Waals surface area contributed by atoms with Crippen molar-refractivity contribution in [3.8, 4) is 0 Å². The summed E-state index contributed by atoms with van der Waals surface area (Å²) in [6.07, 6.45) is 4.68. The number of aromatic nitrogens is 2. The Morgan fingerprint density at radius 3 is 3.00 bits per heavy atom. The number of nitrogens with zero attached hydrogens (tertiary/aromatic N) is 3. The Bertz CT molecular complexity index is 700. The van der Waals surface area contributed by atoms with Gasteiger partial charge in [0.15, 0.2) is 0 Å². The van der Waals surface area contributed by atoms with Crippen LogP contribution in [-0.4, -0.2) is 14.9 Å². The molecule has 1 heterocycles. The molecular weight excluding hydrogens is 268 g/mol. The molecule has 0 spiro atoms. The molecule has 0 bridgehead atoms. The van der Waals surface area contributed by atoms with E-state index in [1.54, 1.807) is 19.3 Å². The Morgan fingerprint density at radius 2 is 2.19 bits per heavy atom. The van der Waals surface area contributed by atoms with E-state index in [1.807, 2.05) is 6.07 Å². The van der Waals surface area contributed by atoms with E-state index < -0.39 is 0 Å². The lowest BCUT2D eigenvalue weighted by Crippen LogP contribution is -2.07. The number of nitro groups is 1. The van der Waals surface area contributed by atoms with Gasteiger partial charge in [-0.2, -0.15) is 0 Å². The molecule has 1 N–H and O–H groups in total. The number of nitro benzene ring substituents is 1. The molecule has 0 saturated heterocycles. The smallest absolute Gasteiger partial charge is 0.272 e. The molecule has 1 aromatic carbocycles. The van der Waals surface area contributed by atoms with Gasteiger partial charge in [-0.3, -0.25) is 10.1 Å². The van der Waals surface area contributed by atoms with Crippen LogP contribution < -0.4 is 5.32 Å². The van der Waals surface area contributed by atoms with Gasteiger partial charge in [-0.15, -0.1) is 0 Å². The topological polar surface area (TPSA) is 81.0 Å².